The third kappa shape index (κ3) is 3.73. The van der Waals surface area contributed by atoms with Gasteiger partial charge in [0, 0.05) is 11.1 Å². The Hall–Kier alpha value is -2.29. The molecule has 2 heterocycles. The average molecular weight is 372 g/mol. The van der Waals surface area contributed by atoms with E-state index >= 15 is 0 Å². The van der Waals surface area contributed by atoms with Gasteiger partial charge in [-0.3, -0.25) is 4.79 Å². The summed E-state index contributed by atoms with van der Waals surface area (Å²) in [6.45, 7) is 0.192. The highest BCUT2D eigenvalue weighted by molar-refractivity contribution is 5.74. The molecule has 0 spiro atoms. The van der Waals surface area contributed by atoms with Crippen molar-refractivity contribution in [1.29, 1.82) is 0 Å². The summed E-state index contributed by atoms with van der Waals surface area (Å²) in [5.41, 5.74) is 1.33. The number of hydrogen-bond donors (Lipinski definition) is 2. The zero-order chi connectivity index (χ0) is 18.8. The van der Waals surface area contributed by atoms with E-state index in [9.17, 15) is 15.0 Å². The normalized spacial score (nSPS) is 33.1. The summed E-state index contributed by atoms with van der Waals surface area (Å²) < 4.78 is 23.0. The first-order chi connectivity index (χ1) is 13.2. The summed E-state index contributed by atoms with van der Waals surface area (Å²) in [6.07, 6.45) is -4.80. The number of benzene rings is 2. The van der Waals surface area contributed by atoms with Crippen LogP contribution >= 0.6 is 0 Å². The van der Waals surface area contributed by atoms with Crippen LogP contribution in [-0.4, -0.2) is 53.8 Å². The van der Waals surface area contributed by atoms with E-state index < -0.39 is 37.0 Å². The second kappa shape index (κ2) is 7.75. The first kappa shape index (κ1) is 18.1. The molecule has 2 aromatic carbocycles. The van der Waals surface area contributed by atoms with Gasteiger partial charge in [0.25, 0.3) is 0 Å². The maximum Gasteiger partial charge on any atom is 0.229 e. The van der Waals surface area contributed by atoms with Crippen LogP contribution in [0.5, 0.6) is 5.75 Å². The first-order valence-corrected chi connectivity index (χ1v) is 8.71. The van der Waals surface area contributed by atoms with Crippen LogP contribution in [0.25, 0.3) is 0 Å². The van der Waals surface area contributed by atoms with Gasteiger partial charge >= 0.3 is 0 Å². The SMILES string of the molecule is O=Cc1ccc(O[C@@H]2O[C@@H]3CO[C@@H](c4ccccc4)O[C@H]3[C@@H](O)[C@H]2O)cc1. The minimum atomic E-state index is -1.30. The first-order valence-electron chi connectivity index (χ1n) is 8.71. The third-order valence-corrected chi connectivity index (χ3v) is 4.67. The molecule has 2 aliphatic heterocycles. The Morgan fingerprint density at radius 2 is 1.70 bits per heavy atom. The molecule has 27 heavy (non-hydrogen) atoms. The fraction of sp³-hybridized carbons (Fsp3) is 0.350. The van der Waals surface area contributed by atoms with Gasteiger partial charge < -0.3 is 29.2 Å². The summed E-state index contributed by atoms with van der Waals surface area (Å²) in [7, 11) is 0. The van der Waals surface area contributed by atoms with Crippen LogP contribution in [0.3, 0.4) is 0 Å². The van der Waals surface area contributed by atoms with Gasteiger partial charge in [-0.05, 0) is 24.3 Å². The molecule has 7 heteroatoms. The standard InChI is InChI=1S/C20H20O7/c21-10-12-6-8-14(9-7-12)25-20-17(23)16(22)18-15(26-20)11-24-19(27-18)13-4-2-1-3-5-13/h1-10,15-20,22-23H,11H2/t15-,16+,17-,18-,19-,20-/m1/s1. The Morgan fingerprint density at radius 3 is 2.41 bits per heavy atom. The van der Waals surface area contributed by atoms with Crippen molar-refractivity contribution >= 4 is 6.29 Å². The zero-order valence-corrected chi connectivity index (χ0v) is 14.4. The Bertz CT molecular complexity index is 762. The molecule has 0 aliphatic carbocycles. The van der Waals surface area contributed by atoms with Crippen LogP contribution in [0.15, 0.2) is 54.6 Å². The van der Waals surface area contributed by atoms with E-state index in [1.807, 2.05) is 30.3 Å². The number of fused-ring (bicyclic) bond motifs is 1. The molecule has 2 aromatic rings. The maximum absolute atomic E-state index is 10.7. The van der Waals surface area contributed by atoms with Gasteiger partial charge in [-0.15, -0.1) is 0 Å². The van der Waals surface area contributed by atoms with E-state index in [-0.39, 0.29) is 6.61 Å². The smallest absolute Gasteiger partial charge is 0.229 e. The van der Waals surface area contributed by atoms with Gasteiger partial charge in [0.2, 0.25) is 6.29 Å². The Balaban J connectivity index is 1.44. The molecule has 2 N–H and O–H groups in total. The second-order valence-electron chi connectivity index (χ2n) is 6.51. The number of rotatable bonds is 4. The predicted molar refractivity (Wildman–Crippen MR) is 93.1 cm³/mol. The number of aliphatic hydroxyl groups is 2. The highest BCUT2D eigenvalue weighted by Crippen LogP contribution is 2.34. The van der Waals surface area contributed by atoms with Gasteiger partial charge in [0.15, 0.2) is 6.29 Å². The zero-order valence-electron chi connectivity index (χ0n) is 14.4. The summed E-state index contributed by atoms with van der Waals surface area (Å²) in [4.78, 5) is 10.7. The molecule has 0 bridgehead atoms. The van der Waals surface area contributed by atoms with E-state index in [2.05, 4.69) is 0 Å². The fourth-order valence-electron chi connectivity index (χ4n) is 3.21. The number of aldehydes is 1. The van der Waals surface area contributed by atoms with Gasteiger partial charge in [0.1, 0.15) is 36.5 Å². The van der Waals surface area contributed by atoms with Crippen molar-refractivity contribution in [1.82, 2.24) is 0 Å². The predicted octanol–water partition coefficient (Wildman–Crippen LogP) is 1.44. The number of hydrogen-bond acceptors (Lipinski definition) is 7. The van der Waals surface area contributed by atoms with Crippen molar-refractivity contribution < 1.29 is 34.0 Å². The number of carbonyl (C=O) groups excluding carboxylic acids is 1. The quantitative estimate of drug-likeness (QED) is 0.784. The average Bonchev–Trinajstić information content (AvgIpc) is 2.73. The summed E-state index contributed by atoms with van der Waals surface area (Å²) in [5, 5.41) is 20.9. The molecule has 0 saturated carbocycles. The second-order valence-corrected chi connectivity index (χ2v) is 6.51. The van der Waals surface area contributed by atoms with E-state index in [1.54, 1.807) is 24.3 Å². The van der Waals surface area contributed by atoms with Crippen LogP contribution in [0, 0.1) is 0 Å². The molecule has 0 unspecified atom stereocenters. The number of carbonyl (C=O) groups is 1. The highest BCUT2D eigenvalue weighted by Gasteiger charge is 2.49. The molecule has 2 aliphatic rings. The molecular weight excluding hydrogens is 352 g/mol. The Kier molecular flexibility index (Phi) is 5.20. The minimum absolute atomic E-state index is 0.192. The molecular formula is C20H20O7. The molecule has 6 atom stereocenters. The largest absolute Gasteiger partial charge is 0.462 e. The Morgan fingerprint density at radius 1 is 0.963 bits per heavy atom. The molecule has 142 valence electrons. The topological polar surface area (TPSA) is 94.5 Å². The third-order valence-electron chi connectivity index (χ3n) is 4.67. The number of aliphatic hydroxyl groups excluding tert-OH is 2. The van der Waals surface area contributed by atoms with Crippen molar-refractivity contribution in [2.75, 3.05) is 6.61 Å². The summed E-state index contributed by atoms with van der Waals surface area (Å²) >= 11 is 0. The van der Waals surface area contributed by atoms with E-state index in [0.717, 1.165) is 11.8 Å². The molecule has 0 amide bonds. The lowest BCUT2D eigenvalue weighted by molar-refractivity contribution is -0.350. The van der Waals surface area contributed by atoms with Crippen LogP contribution in [0.4, 0.5) is 0 Å². The molecule has 2 fully saturated rings. The van der Waals surface area contributed by atoms with Crippen LogP contribution < -0.4 is 4.74 Å². The molecule has 0 aromatic heterocycles. The molecule has 7 nitrogen and oxygen atoms in total. The van der Waals surface area contributed by atoms with Crippen molar-refractivity contribution in [3.05, 3.63) is 65.7 Å². The minimum Gasteiger partial charge on any atom is -0.462 e. The van der Waals surface area contributed by atoms with Crippen LogP contribution in [0.2, 0.25) is 0 Å². The lowest BCUT2D eigenvalue weighted by Crippen LogP contribution is -2.62. The lowest BCUT2D eigenvalue weighted by Gasteiger charge is -2.46. The van der Waals surface area contributed by atoms with Gasteiger partial charge in [-0.2, -0.15) is 0 Å². The van der Waals surface area contributed by atoms with Crippen molar-refractivity contribution in [3.8, 4) is 5.75 Å². The van der Waals surface area contributed by atoms with E-state index in [4.69, 9.17) is 18.9 Å². The van der Waals surface area contributed by atoms with Crippen LogP contribution in [-0.2, 0) is 14.2 Å². The lowest BCUT2D eigenvalue weighted by atomic mass is 9.98. The Labute approximate surface area is 156 Å². The van der Waals surface area contributed by atoms with E-state index in [1.165, 1.54) is 0 Å². The number of ether oxygens (including phenoxy) is 4. The van der Waals surface area contributed by atoms with Crippen molar-refractivity contribution in [2.45, 2.75) is 37.0 Å². The molecule has 0 radical (unpaired) electrons. The summed E-state index contributed by atoms with van der Waals surface area (Å²) in [6, 6.07) is 15.7. The van der Waals surface area contributed by atoms with Crippen molar-refractivity contribution in [2.24, 2.45) is 0 Å². The van der Waals surface area contributed by atoms with Gasteiger partial charge in [-0.25, -0.2) is 0 Å². The highest BCUT2D eigenvalue weighted by atomic mass is 16.8. The maximum atomic E-state index is 10.7. The summed E-state index contributed by atoms with van der Waals surface area (Å²) in [5.74, 6) is 0.412. The van der Waals surface area contributed by atoms with Gasteiger partial charge in [-0.1, -0.05) is 30.3 Å². The van der Waals surface area contributed by atoms with Crippen molar-refractivity contribution in [3.63, 3.8) is 0 Å². The molecule has 4 rings (SSSR count). The fourth-order valence-corrected chi connectivity index (χ4v) is 3.21. The van der Waals surface area contributed by atoms with Gasteiger partial charge in [0.05, 0.1) is 6.61 Å². The monoisotopic (exact) mass is 372 g/mol. The van der Waals surface area contributed by atoms with E-state index in [0.29, 0.717) is 11.3 Å². The molecule has 2 saturated heterocycles. The van der Waals surface area contributed by atoms with Crippen LogP contribution in [0.1, 0.15) is 22.2 Å².